The van der Waals surface area contributed by atoms with Gasteiger partial charge in [-0.25, -0.2) is 0 Å². The number of nitrogens with one attached hydrogen (secondary N) is 1. The molecule has 1 fully saturated rings. The number of ether oxygens (including phenoxy) is 1. The van der Waals surface area contributed by atoms with Crippen LogP contribution in [0.2, 0.25) is 0 Å². The molecule has 0 aromatic carbocycles. The van der Waals surface area contributed by atoms with E-state index in [0.717, 1.165) is 18.9 Å². The molecule has 0 aliphatic heterocycles. The first-order valence-electron chi connectivity index (χ1n) is 7.69. The number of esters is 1. The molecule has 0 aromatic heterocycles. The van der Waals surface area contributed by atoms with Crippen molar-refractivity contribution in [2.24, 2.45) is 5.92 Å². The normalized spacial score (nSPS) is 18.5. The predicted molar refractivity (Wildman–Crippen MR) is 78.2 cm³/mol. The Balaban J connectivity index is 2.23. The molecule has 1 aliphatic rings. The van der Waals surface area contributed by atoms with E-state index < -0.39 is 0 Å². The first-order chi connectivity index (χ1) is 9.17. The third-order valence-corrected chi connectivity index (χ3v) is 4.01. The van der Waals surface area contributed by atoms with Crippen LogP contribution in [0.15, 0.2) is 0 Å². The molecule has 0 bridgehead atoms. The van der Waals surface area contributed by atoms with Crippen molar-refractivity contribution in [2.45, 2.75) is 51.5 Å². The topological polar surface area (TPSA) is 41.6 Å². The van der Waals surface area contributed by atoms with Crippen LogP contribution in [-0.4, -0.2) is 50.7 Å². The molecule has 1 atom stereocenters. The second-order valence-corrected chi connectivity index (χ2v) is 5.65. The Bertz CT molecular complexity index is 253. The van der Waals surface area contributed by atoms with Gasteiger partial charge in [0.1, 0.15) is 6.04 Å². The zero-order valence-corrected chi connectivity index (χ0v) is 12.8. The molecular formula is C15H30N2O2. The van der Waals surface area contributed by atoms with Crippen LogP contribution in [0.5, 0.6) is 0 Å². The molecule has 0 saturated heterocycles. The minimum Gasteiger partial charge on any atom is -0.465 e. The van der Waals surface area contributed by atoms with Gasteiger partial charge in [0, 0.05) is 6.54 Å². The van der Waals surface area contributed by atoms with E-state index in [9.17, 15) is 4.79 Å². The summed E-state index contributed by atoms with van der Waals surface area (Å²) in [7, 11) is 3.98. The number of likely N-dealkylation sites (N-methyl/N-ethyl adjacent to an activating group) is 1. The monoisotopic (exact) mass is 270 g/mol. The highest BCUT2D eigenvalue weighted by molar-refractivity contribution is 5.75. The summed E-state index contributed by atoms with van der Waals surface area (Å²) in [4.78, 5) is 14.0. The van der Waals surface area contributed by atoms with Crippen molar-refractivity contribution in [2.75, 3.05) is 33.8 Å². The van der Waals surface area contributed by atoms with E-state index in [2.05, 4.69) is 17.3 Å². The van der Waals surface area contributed by atoms with Gasteiger partial charge in [-0.3, -0.25) is 4.79 Å². The van der Waals surface area contributed by atoms with Gasteiger partial charge in [-0.2, -0.15) is 0 Å². The minimum absolute atomic E-state index is 0.129. The number of rotatable bonds is 8. The predicted octanol–water partition coefficient (Wildman–Crippen LogP) is 2.04. The summed E-state index contributed by atoms with van der Waals surface area (Å²) >= 11 is 0. The highest BCUT2D eigenvalue weighted by Crippen LogP contribution is 2.24. The molecule has 1 saturated carbocycles. The lowest BCUT2D eigenvalue weighted by Gasteiger charge is -2.27. The smallest absolute Gasteiger partial charge is 0.323 e. The zero-order chi connectivity index (χ0) is 14.1. The van der Waals surface area contributed by atoms with Crippen LogP contribution in [0, 0.1) is 5.92 Å². The first-order valence-corrected chi connectivity index (χ1v) is 7.69. The molecule has 0 aromatic rings. The number of carbonyl (C=O) groups excluding carboxylic acids is 1. The van der Waals surface area contributed by atoms with E-state index in [0.29, 0.717) is 6.61 Å². The van der Waals surface area contributed by atoms with Gasteiger partial charge in [0.05, 0.1) is 6.61 Å². The van der Waals surface area contributed by atoms with Crippen LogP contribution in [0.25, 0.3) is 0 Å². The molecule has 4 nitrogen and oxygen atoms in total. The standard InChI is InChI=1S/C15H30N2O2/c1-4-19-15(18)14(16-2)10-11-17(3)12-13-8-6-5-7-9-13/h13-14,16H,4-12H2,1-3H3. The van der Waals surface area contributed by atoms with Crippen molar-refractivity contribution in [1.82, 2.24) is 10.2 Å². The minimum atomic E-state index is -0.172. The quantitative estimate of drug-likeness (QED) is 0.685. The molecule has 1 unspecified atom stereocenters. The van der Waals surface area contributed by atoms with Crippen LogP contribution in [0.3, 0.4) is 0 Å². The molecule has 0 spiro atoms. The molecule has 0 radical (unpaired) electrons. The summed E-state index contributed by atoms with van der Waals surface area (Å²) in [6.45, 7) is 4.41. The Kier molecular flexibility index (Phi) is 8.07. The van der Waals surface area contributed by atoms with E-state index in [1.54, 1.807) is 0 Å². The number of hydrogen-bond acceptors (Lipinski definition) is 4. The summed E-state index contributed by atoms with van der Waals surface area (Å²) in [5.74, 6) is 0.727. The Morgan fingerprint density at radius 1 is 1.37 bits per heavy atom. The molecular weight excluding hydrogens is 240 g/mol. The van der Waals surface area contributed by atoms with Crippen molar-refractivity contribution in [3.05, 3.63) is 0 Å². The molecule has 1 rings (SSSR count). The molecule has 112 valence electrons. The summed E-state index contributed by atoms with van der Waals surface area (Å²) in [6.07, 6.45) is 7.75. The van der Waals surface area contributed by atoms with Crippen LogP contribution < -0.4 is 5.32 Å². The number of hydrogen-bond donors (Lipinski definition) is 1. The van der Waals surface area contributed by atoms with Crippen molar-refractivity contribution in [3.8, 4) is 0 Å². The lowest BCUT2D eigenvalue weighted by atomic mass is 9.89. The lowest BCUT2D eigenvalue weighted by molar-refractivity contribution is -0.145. The van der Waals surface area contributed by atoms with Crippen molar-refractivity contribution < 1.29 is 9.53 Å². The van der Waals surface area contributed by atoms with Crippen LogP contribution in [0.4, 0.5) is 0 Å². The fourth-order valence-corrected chi connectivity index (χ4v) is 2.87. The van der Waals surface area contributed by atoms with E-state index >= 15 is 0 Å². The fourth-order valence-electron chi connectivity index (χ4n) is 2.87. The molecule has 0 amide bonds. The number of carbonyl (C=O) groups is 1. The molecule has 19 heavy (non-hydrogen) atoms. The average molecular weight is 270 g/mol. The maximum Gasteiger partial charge on any atom is 0.323 e. The zero-order valence-electron chi connectivity index (χ0n) is 12.8. The fraction of sp³-hybridized carbons (Fsp3) is 0.933. The van der Waals surface area contributed by atoms with E-state index in [4.69, 9.17) is 4.74 Å². The van der Waals surface area contributed by atoms with Crippen LogP contribution >= 0.6 is 0 Å². The van der Waals surface area contributed by atoms with E-state index in [1.165, 1.54) is 38.6 Å². The second-order valence-electron chi connectivity index (χ2n) is 5.65. The third-order valence-electron chi connectivity index (χ3n) is 4.01. The van der Waals surface area contributed by atoms with Crippen molar-refractivity contribution >= 4 is 5.97 Å². The summed E-state index contributed by atoms with van der Waals surface area (Å²) in [6, 6.07) is -0.172. The summed E-state index contributed by atoms with van der Waals surface area (Å²) in [5, 5.41) is 3.04. The highest BCUT2D eigenvalue weighted by atomic mass is 16.5. The summed E-state index contributed by atoms with van der Waals surface area (Å²) in [5.41, 5.74) is 0. The van der Waals surface area contributed by atoms with Crippen LogP contribution in [-0.2, 0) is 9.53 Å². The Morgan fingerprint density at radius 2 is 2.05 bits per heavy atom. The number of nitrogens with zero attached hydrogens (tertiary/aromatic N) is 1. The van der Waals surface area contributed by atoms with Crippen molar-refractivity contribution in [1.29, 1.82) is 0 Å². The Morgan fingerprint density at radius 3 is 2.63 bits per heavy atom. The maximum absolute atomic E-state index is 11.7. The van der Waals surface area contributed by atoms with E-state index in [1.807, 2.05) is 14.0 Å². The Hall–Kier alpha value is -0.610. The summed E-state index contributed by atoms with van der Waals surface area (Å²) < 4.78 is 5.06. The van der Waals surface area contributed by atoms with E-state index in [-0.39, 0.29) is 12.0 Å². The first kappa shape index (κ1) is 16.4. The maximum atomic E-state index is 11.7. The average Bonchev–Trinajstić information content (AvgIpc) is 2.41. The molecule has 1 aliphatic carbocycles. The highest BCUT2D eigenvalue weighted by Gasteiger charge is 2.19. The van der Waals surface area contributed by atoms with Gasteiger partial charge < -0.3 is 15.0 Å². The van der Waals surface area contributed by atoms with Crippen molar-refractivity contribution in [3.63, 3.8) is 0 Å². The van der Waals surface area contributed by atoms with Gasteiger partial charge in [-0.15, -0.1) is 0 Å². The van der Waals surface area contributed by atoms with Gasteiger partial charge in [0.25, 0.3) is 0 Å². The van der Waals surface area contributed by atoms with Crippen LogP contribution in [0.1, 0.15) is 45.4 Å². The van der Waals surface area contributed by atoms with Gasteiger partial charge >= 0.3 is 5.97 Å². The van der Waals surface area contributed by atoms with Gasteiger partial charge in [0.15, 0.2) is 0 Å². The molecule has 1 N–H and O–H groups in total. The molecule has 4 heteroatoms. The van der Waals surface area contributed by atoms with Gasteiger partial charge in [-0.1, -0.05) is 19.3 Å². The lowest BCUT2D eigenvalue weighted by Crippen LogP contribution is -2.39. The SMILES string of the molecule is CCOC(=O)C(CCN(C)CC1CCCCC1)NC. The van der Waals surface area contributed by atoms with Gasteiger partial charge in [0.2, 0.25) is 0 Å². The Labute approximate surface area is 117 Å². The van der Waals surface area contributed by atoms with Gasteiger partial charge in [-0.05, 0) is 52.7 Å². The third kappa shape index (κ3) is 6.39. The largest absolute Gasteiger partial charge is 0.465 e. The molecule has 0 heterocycles. The second kappa shape index (κ2) is 9.32.